The summed E-state index contributed by atoms with van der Waals surface area (Å²) in [5.41, 5.74) is -1.60. The van der Waals surface area contributed by atoms with Gasteiger partial charge in [0.25, 0.3) is 0 Å². The van der Waals surface area contributed by atoms with Crippen LogP contribution in [0.1, 0.15) is 46.5 Å². The van der Waals surface area contributed by atoms with Crippen LogP contribution in [0.3, 0.4) is 0 Å². The number of likely N-dealkylation sites (tertiary alicyclic amines) is 1. The molecule has 1 amide bonds. The zero-order valence-electron chi connectivity index (χ0n) is 11.5. The minimum Gasteiger partial charge on any atom is -0.386 e. The van der Waals surface area contributed by atoms with E-state index in [0.29, 0.717) is 6.42 Å². The summed E-state index contributed by atoms with van der Waals surface area (Å²) in [6.45, 7) is 5.85. The Morgan fingerprint density at radius 2 is 2.28 bits per heavy atom. The van der Waals surface area contributed by atoms with Crippen molar-refractivity contribution in [3.8, 4) is 0 Å². The van der Waals surface area contributed by atoms with E-state index in [9.17, 15) is 14.3 Å². The lowest BCUT2D eigenvalue weighted by Crippen LogP contribution is -2.35. The van der Waals surface area contributed by atoms with Crippen LogP contribution in [0, 0.1) is 0 Å². The van der Waals surface area contributed by atoms with E-state index < -0.39 is 11.8 Å². The molecule has 0 saturated carbocycles. The third-order valence-electron chi connectivity index (χ3n) is 3.66. The smallest absolute Gasteiger partial charge is 0.223 e. The summed E-state index contributed by atoms with van der Waals surface area (Å²) in [5, 5.41) is 9.75. The summed E-state index contributed by atoms with van der Waals surface area (Å²) in [6, 6.07) is 0.0137. The van der Waals surface area contributed by atoms with Gasteiger partial charge < -0.3 is 10.0 Å². The van der Waals surface area contributed by atoms with E-state index in [1.807, 2.05) is 11.8 Å². The number of halogens is 1. The lowest BCUT2D eigenvalue weighted by atomic mass is 9.97. The molecule has 0 bridgehead atoms. The maximum atomic E-state index is 13.8. The van der Waals surface area contributed by atoms with E-state index in [1.165, 1.54) is 13.0 Å². The van der Waals surface area contributed by atoms with Crippen molar-refractivity contribution in [1.82, 2.24) is 4.90 Å². The first-order valence-electron chi connectivity index (χ1n) is 6.77. The van der Waals surface area contributed by atoms with Crippen molar-refractivity contribution < 1.29 is 14.3 Å². The molecule has 1 heterocycles. The van der Waals surface area contributed by atoms with E-state index in [0.717, 1.165) is 19.4 Å². The fourth-order valence-electron chi connectivity index (χ4n) is 2.13. The molecule has 0 aromatic heterocycles. The number of alkyl halides is 1. The second-order valence-corrected chi connectivity index (χ2v) is 5.15. The summed E-state index contributed by atoms with van der Waals surface area (Å²) in [7, 11) is 0. The molecular formula is C14H24FNO2. The SMILES string of the molecule is CCCN1C(=O)CCC1C=CC(O)C(C)(F)CC. The molecule has 1 saturated heterocycles. The molecule has 104 valence electrons. The van der Waals surface area contributed by atoms with E-state index >= 15 is 0 Å². The number of hydrogen-bond donors (Lipinski definition) is 1. The Labute approximate surface area is 109 Å². The van der Waals surface area contributed by atoms with Gasteiger partial charge in [-0.1, -0.05) is 26.0 Å². The van der Waals surface area contributed by atoms with Gasteiger partial charge in [-0.25, -0.2) is 4.39 Å². The Balaban J connectivity index is 2.63. The van der Waals surface area contributed by atoms with Gasteiger partial charge in [-0.3, -0.25) is 4.79 Å². The molecule has 1 aliphatic heterocycles. The van der Waals surface area contributed by atoms with Gasteiger partial charge >= 0.3 is 0 Å². The van der Waals surface area contributed by atoms with Crippen LogP contribution in [0.25, 0.3) is 0 Å². The molecule has 1 fully saturated rings. The Morgan fingerprint density at radius 1 is 1.61 bits per heavy atom. The van der Waals surface area contributed by atoms with Crippen LogP contribution in [-0.2, 0) is 4.79 Å². The van der Waals surface area contributed by atoms with Gasteiger partial charge in [0.2, 0.25) is 5.91 Å². The predicted octanol–water partition coefficient (Wildman–Crippen LogP) is 2.44. The molecule has 1 N–H and O–H groups in total. The van der Waals surface area contributed by atoms with Gasteiger partial charge in [0.1, 0.15) is 11.8 Å². The summed E-state index contributed by atoms with van der Waals surface area (Å²) < 4.78 is 13.8. The van der Waals surface area contributed by atoms with E-state index in [1.54, 1.807) is 13.0 Å². The maximum Gasteiger partial charge on any atom is 0.223 e. The first kappa shape index (κ1) is 15.2. The zero-order valence-corrected chi connectivity index (χ0v) is 11.5. The highest BCUT2D eigenvalue weighted by atomic mass is 19.1. The highest BCUT2D eigenvalue weighted by Crippen LogP contribution is 2.24. The van der Waals surface area contributed by atoms with Crippen molar-refractivity contribution in [2.45, 2.75) is 64.3 Å². The minimum absolute atomic E-state index is 0.0137. The molecule has 0 aromatic rings. The van der Waals surface area contributed by atoms with Gasteiger partial charge in [-0.05, 0) is 26.2 Å². The highest BCUT2D eigenvalue weighted by molar-refractivity contribution is 5.79. The molecule has 0 aliphatic carbocycles. The minimum atomic E-state index is -1.60. The van der Waals surface area contributed by atoms with Crippen LogP contribution in [0.5, 0.6) is 0 Å². The molecule has 3 unspecified atom stereocenters. The third kappa shape index (κ3) is 3.55. The van der Waals surface area contributed by atoms with Crippen molar-refractivity contribution in [1.29, 1.82) is 0 Å². The first-order valence-corrected chi connectivity index (χ1v) is 6.77. The molecule has 0 spiro atoms. The number of carbonyl (C=O) groups excluding carboxylic acids is 1. The molecule has 18 heavy (non-hydrogen) atoms. The largest absolute Gasteiger partial charge is 0.386 e. The summed E-state index contributed by atoms with van der Waals surface area (Å²) >= 11 is 0. The fourth-order valence-corrected chi connectivity index (χ4v) is 2.13. The quantitative estimate of drug-likeness (QED) is 0.742. The summed E-state index contributed by atoms with van der Waals surface area (Å²) in [4.78, 5) is 13.4. The van der Waals surface area contributed by atoms with Crippen molar-refractivity contribution in [2.24, 2.45) is 0 Å². The first-order chi connectivity index (χ1) is 8.42. The molecular weight excluding hydrogens is 233 g/mol. The Hall–Kier alpha value is -0.900. The second kappa shape index (κ2) is 6.32. The van der Waals surface area contributed by atoms with Crippen molar-refractivity contribution in [2.75, 3.05) is 6.54 Å². The lowest BCUT2D eigenvalue weighted by molar-refractivity contribution is -0.128. The van der Waals surface area contributed by atoms with Crippen LogP contribution in [0.2, 0.25) is 0 Å². The van der Waals surface area contributed by atoms with Gasteiger partial charge in [0.05, 0.1) is 6.04 Å². The Morgan fingerprint density at radius 3 is 2.83 bits per heavy atom. The third-order valence-corrected chi connectivity index (χ3v) is 3.66. The van der Waals surface area contributed by atoms with Crippen molar-refractivity contribution in [3.63, 3.8) is 0 Å². The highest BCUT2D eigenvalue weighted by Gasteiger charge is 2.31. The van der Waals surface area contributed by atoms with Crippen LogP contribution < -0.4 is 0 Å². The normalized spacial score (nSPS) is 25.7. The fraction of sp³-hybridized carbons (Fsp3) is 0.786. The van der Waals surface area contributed by atoms with Crippen LogP contribution in [0.15, 0.2) is 12.2 Å². The van der Waals surface area contributed by atoms with Gasteiger partial charge in [0.15, 0.2) is 0 Å². The predicted molar refractivity (Wildman–Crippen MR) is 70.0 cm³/mol. The molecule has 1 aliphatic rings. The number of hydrogen-bond acceptors (Lipinski definition) is 2. The Kier molecular flexibility index (Phi) is 5.32. The number of carbonyl (C=O) groups is 1. The van der Waals surface area contributed by atoms with Crippen molar-refractivity contribution >= 4 is 5.91 Å². The molecule has 0 aromatic carbocycles. The average molecular weight is 257 g/mol. The number of nitrogens with zero attached hydrogens (tertiary/aromatic N) is 1. The Bertz CT molecular complexity index is 315. The maximum absolute atomic E-state index is 13.8. The van der Waals surface area contributed by atoms with E-state index in [-0.39, 0.29) is 18.4 Å². The number of aliphatic hydroxyl groups is 1. The van der Waals surface area contributed by atoms with Gasteiger partial charge in [-0.15, -0.1) is 0 Å². The van der Waals surface area contributed by atoms with Gasteiger partial charge in [0, 0.05) is 13.0 Å². The second-order valence-electron chi connectivity index (χ2n) is 5.15. The zero-order chi connectivity index (χ0) is 13.8. The molecule has 0 radical (unpaired) electrons. The van der Waals surface area contributed by atoms with E-state index in [2.05, 4.69) is 0 Å². The molecule has 4 heteroatoms. The topological polar surface area (TPSA) is 40.5 Å². The summed E-state index contributed by atoms with van der Waals surface area (Å²) in [6.07, 6.45) is 4.65. The number of aliphatic hydroxyl groups excluding tert-OH is 1. The number of amides is 1. The molecule has 1 rings (SSSR count). The lowest BCUT2D eigenvalue weighted by Gasteiger charge is -2.24. The number of rotatable bonds is 6. The molecule has 3 atom stereocenters. The average Bonchev–Trinajstić information content (AvgIpc) is 2.68. The molecule has 3 nitrogen and oxygen atoms in total. The monoisotopic (exact) mass is 257 g/mol. The summed E-state index contributed by atoms with van der Waals surface area (Å²) in [5.74, 6) is 0.152. The van der Waals surface area contributed by atoms with Crippen molar-refractivity contribution in [3.05, 3.63) is 12.2 Å². The van der Waals surface area contributed by atoms with Crippen LogP contribution in [-0.4, -0.2) is 40.3 Å². The van der Waals surface area contributed by atoms with Gasteiger partial charge in [-0.2, -0.15) is 0 Å². The van der Waals surface area contributed by atoms with Crippen LogP contribution in [0.4, 0.5) is 4.39 Å². The van der Waals surface area contributed by atoms with Crippen LogP contribution >= 0.6 is 0 Å². The standard InChI is InChI=1S/C14H24FNO2/c1-4-10-16-11(7-9-13(16)18)6-8-12(17)14(3,15)5-2/h6,8,11-12,17H,4-5,7,9-10H2,1-3H3. The van der Waals surface area contributed by atoms with E-state index in [4.69, 9.17) is 0 Å².